The SMILES string of the molecule is CNC(=O)c1ccc(CN(C)C(=O)NC(C)c2ccncc2)cc1. The van der Waals surface area contributed by atoms with E-state index in [-0.39, 0.29) is 18.0 Å². The van der Waals surface area contributed by atoms with Crippen molar-refractivity contribution < 1.29 is 9.59 Å². The second-order valence-corrected chi connectivity index (χ2v) is 5.58. The Morgan fingerprint density at radius 2 is 1.75 bits per heavy atom. The van der Waals surface area contributed by atoms with Gasteiger partial charge in [0.15, 0.2) is 0 Å². The number of nitrogens with zero attached hydrogens (tertiary/aromatic N) is 2. The molecule has 2 aromatic rings. The molecule has 0 aliphatic heterocycles. The Balaban J connectivity index is 1.92. The number of urea groups is 1. The van der Waals surface area contributed by atoms with Gasteiger partial charge in [-0.25, -0.2) is 4.79 Å². The highest BCUT2D eigenvalue weighted by atomic mass is 16.2. The summed E-state index contributed by atoms with van der Waals surface area (Å²) >= 11 is 0. The molecule has 0 spiro atoms. The van der Waals surface area contributed by atoms with Crippen LogP contribution in [0.2, 0.25) is 0 Å². The summed E-state index contributed by atoms with van der Waals surface area (Å²) in [6, 6.07) is 10.7. The van der Waals surface area contributed by atoms with Crippen molar-refractivity contribution in [2.75, 3.05) is 14.1 Å². The van der Waals surface area contributed by atoms with Gasteiger partial charge >= 0.3 is 6.03 Å². The third kappa shape index (κ3) is 4.55. The van der Waals surface area contributed by atoms with Crippen LogP contribution in [0.3, 0.4) is 0 Å². The normalized spacial score (nSPS) is 11.5. The summed E-state index contributed by atoms with van der Waals surface area (Å²) in [4.78, 5) is 29.4. The summed E-state index contributed by atoms with van der Waals surface area (Å²) in [5, 5.41) is 5.53. The molecule has 1 atom stereocenters. The lowest BCUT2D eigenvalue weighted by atomic mass is 10.1. The molecule has 2 rings (SSSR count). The zero-order chi connectivity index (χ0) is 17.5. The van der Waals surface area contributed by atoms with Crippen molar-refractivity contribution in [2.24, 2.45) is 0 Å². The molecule has 0 aliphatic carbocycles. The van der Waals surface area contributed by atoms with Crippen LogP contribution in [0.5, 0.6) is 0 Å². The number of carbonyl (C=O) groups is 2. The highest BCUT2D eigenvalue weighted by Crippen LogP contribution is 2.12. The van der Waals surface area contributed by atoms with Crippen LogP contribution in [0.4, 0.5) is 4.79 Å². The molecule has 0 radical (unpaired) electrons. The number of hydrogen-bond acceptors (Lipinski definition) is 3. The van der Waals surface area contributed by atoms with Crippen LogP contribution in [-0.2, 0) is 6.54 Å². The van der Waals surface area contributed by atoms with E-state index in [1.165, 1.54) is 0 Å². The molecule has 1 unspecified atom stereocenters. The minimum absolute atomic E-state index is 0.0985. The first-order valence-corrected chi connectivity index (χ1v) is 7.74. The lowest BCUT2D eigenvalue weighted by Gasteiger charge is -2.21. The van der Waals surface area contributed by atoms with E-state index in [1.54, 1.807) is 43.5 Å². The van der Waals surface area contributed by atoms with Crippen molar-refractivity contribution in [3.63, 3.8) is 0 Å². The predicted octanol–water partition coefficient (Wildman–Crippen LogP) is 2.34. The highest BCUT2D eigenvalue weighted by Gasteiger charge is 2.13. The largest absolute Gasteiger partial charge is 0.355 e. The Bertz CT molecular complexity index is 686. The van der Waals surface area contributed by atoms with E-state index >= 15 is 0 Å². The Hall–Kier alpha value is -2.89. The highest BCUT2D eigenvalue weighted by molar-refractivity contribution is 5.93. The summed E-state index contributed by atoms with van der Waals surface area (Å²) in [5.41, 5.74) is 2.55. The number of aromatic nitrogens is 1. The molecule has 24 heavy (non-hydrogen) atoms. The molecule has 0 saturated carbocycles. The Kier molecular flexibility index (Phi) is 5.89. The molecule has 126 valence electrons. The molecule has 0 fully saturated rings. The molecule has 2 N–H and O–H groups in total. The third-order valence-electron chi connectivity index (χ3n) is 3.76. The molecule has 0 aliphatic rings. The number of hydrogen-bond donors (Lipinski definition) is 2. The van der Waals surface area contributed by atoms with Gasteiger partial charge in [-0.05, 0) is 42.3 Å². The fourth-order valence-corrected chi connectivity index (χ4v) is 2.28. The lowest BCUT2D eigenvalue weighted by Crippen LogP contribution is -2.38. The van der Waals surface area contributed by atoms with Crippen molar-refractivity contribution in [3.05, 3.63) is 65.5 Å². The maximum atomic E-state index is 12.3. The molecular weight excluding hydrogens is 304 g/mol. The number of pyridine rings is 1. The fraction of sp³-hybridized carbons (Fsp3) is 0.278. The van der Waals surface area contributed by atoms with Crippen molar-refractivity contribution in [1.29, 1.82) is 0 Å². The maximum Gasteiger partial charge on any atom is 0.317 e. The Morgan fingerprint density at radius 3 is 2.33 bits per heavy atom. The van der Waals surface area contributed by atoms with Gasteiger partial charge in [0.2, 0.25) is 0 Å². The molecule has 0 saturated heterocycles. The number of rotatable bonds is 5. The van der Waals surface area contributed by atoms with Gasteiger partial charge in [-0.2, -0.15) is 0 Å². The predicted molar refractivity (Wildman–Crippen MR) is 92.5 cm³/mol. The van der Waals surface area contributed by atoms with Gasteiger partial charge in [-0.1, -0.05) is 12.1 Å². The number of benzene rings is 1. The van der Waals surface area contributed by atoms with Gasteiger partial charge in [0.25, 0.3) is 5.91 Å². The van der Waals surface area contributed by atoms with Gasteiger partial charge in [0.05, 0.1) is 6.04 Å². The summed E-state index contributed by atoms with van der Waals surface area (Å²) < 4.78 is 0. The minimum atomic E-state index is -0.158. The van der Waals surface area contributed by atoms with Crippen LogP contribution in [0.15, 0.2) is 48.8 Å². The molecule has 6 heteroatoms. The second kappa shape index (κ2) is 8.10. The topological polar surface area (TPSA) is 74.3 Å². The fourth-order valence-electron chi connectivity index (χ4n) is 2.28. The molecule has 1 aromatic heterocycles. The van der Waals surface area contributed by atoms with E-state index in [4.69, 9.17) is 0 Å². The van der Waals surface area contributed by atoms with E-state index in [9.17, 15) is 9.59 Å². The van der Waals surface area contributed by atoms with Crippen LogP contribution in [-0.4, -0.2) is 35.9 Å². The van der Waals surface area contributed by atoms with Crippen LogP contribution >= 0.6 is 0 Å². The molecular formula is C18H22N4O2. The van der Waals surface area contributed by atoms with Crippen LogP contribution < -0.4 is 10.6 Å². The summed E-state index contributed by atoms with van der Waals surface area (Å²) in [7, 11) is 3.33. The molecule has 3 amide bonds. The van der Waals surface area contributed by atoms with Crippen molar-refractivity contribution in [2.45, 2.75) is 19.5 Å². The second-order valence-electron chi connectivity index (χ2n) is 5.58. The number of nitrogens with one attached hydrogen (secondary N) is 2. The minimum Gasteiger partial charge on any atom is -0.355 e. The van der Waals surface area contributed by atoms with Gasteiger partial charge < -0.3 is 15.5 Å². The van der Waals surface area contributed by atoms with Gasteiger partial charge in [-0.15, -0.1) is 0 Å². The van der Waals surface area contributed by atoms with Crippen LogP contribution in [0.25, 0.3) is 0 Å². The molecule has 1 aromatic carbocycles. The van der Waals surface area contributed by atoms with Crippen molar-refractivity contribution >= 4 is 11.9 Å². The summed E-state index contributed by atoms with van der Waals surface area (Å²) in [6.45, 7) is 2.39. The zero-order valence-corrected chi connectivity index (χ0v) is 14.1. The van der Waals surface area contributed by atoms with Gasteiger partial charge in [-0.3, -0.25) is 9.78 Å². The van der Waals surface area contributed by atoms with E-state index in [2.05, 4.69) is 15.6 Å². The van der Waals surface area contributed by atoms with E-state index in [0.29, 0.717) is 12.1 Å². The molecule has 0 bridgehead atoms. The van der Waals surface area contributed by atoms with E-state index < -0.39 is 0 Å². The van der Waals surface area contributed by atoms with Crippen LogP contribution in [0, 0.1) is 0 Å². The van der Waals surface area contributed by atoms with Crippen molar-refractivity contribution in [3.8, 4) is 0 Å². The van der Waals surface area contributed by atoms with Crippen LogP contribution in [0.1, 0.15) is 34.5 Å². The first kappa shape index (κ1) is 17.5. The third-order valence-corrected chi connectivity index (χ3v) is 3.76. The first-order chi connectivity index (χ1) is 11.5. The van der Waals surface area contributed by atoms with E-state index in [0.717, 1.165) is 11.1 Å². The number of carbonyl (C=O) groups excluding carboxylic acids is 2. The molecule has 1 heterocycles. The lowest BCUT2D eigenvalue weighted by molar-refractivity contribution is 0.0963. The molecule has 6 nitrogen and oxygen atoms in total. The van der Waals surface area contributed by atoms with Gasteiger partial charge in [0, 0.05) is 38.6 Å². The Labute approximate surface area is 141 Å². The average Bonchev–Trinajstić information content (AvgIpc) is 2.62. The number of amides is 3. The quantitative estimate of drug-likeness (QED) is 0.885. The monoisotopic (exact) mass is 326 g/mol. The van der Waals surface area contributed by atoms with Gasteiger partial charge in [0.1, 0.15) is 0 Å². The maximum absolute atomic E-state index is 12.3. The van der Waals surface area contributed by atoms with E-state index in [1.807, 2.05) is 31.2 Å². The standard InChI is InChI=1S/C18H22N4O2/c1-13(15-8-10-20-11-9-15)21-18(24)22(3)12-14-4-6-16(7-5-14)17(23)19-2/h4-11,13H,12H2,1-3H3,(H,19,23)(H,21,24). The first-order valence-electron chi connectivity index (χ1n) is 7.74. The average molecular weight is 326 g/mol. The van der Waals surface area contributed by atoms with Crippen molar-refractivity contribution in [1.82, 2.24) is 20.5 Å². The smallest absolute Gasteiger partial charge is 0.317 e. The summed E-state index contributed by atoms with van der Waals surface area (Å²) in [6.07, 6.45) is 3.41. The summed E-state index contributed by atoms with van der Waals surface area (Å²) in [5.74, 6) is -0.126. The zero-order valence-electron chi connectivity index (χ0n) is 14.1. The Morgan fingerprint density at radius 1 is 1.12 bits per heavy atom.